The van der Waals surface area contributed by atoms with Crippen molar-refractivity contribution in [2.75, 3.05) is 18.1 Å². The fraction of sp³-hybridized carbons (Fsp3) is 0.250. The average molecular weight is 415 g/mol. The summed E-state index contributed by atoms with van der Waals surface area (Å²) in [6.45, 7) is 3.73. The van der Waals surface area contributed by atoms with Gasteiger partial charge in [0.1, 0.15) is 0 Å². The minimum Gasteiger partial charge on any atom is -0.452 e. The second-order valence-corrected chi connectivity index (χ2v) is 6.71. The van der Waals surface area contributed by atoms with Crippen molar-refractivity contribution in [1.29, 1.82) is 5.26 Å². The van der Waals surface area contributed by atoms with Gasteiger partial charge in [0.25, 0.3) is 5.91 Å². The highest BCUT2D eigenvalue weighted by Gasteiger charge is 2.19. The first-order valence-electron chi connectivity index (χ1n) is 8.09. The van der Waals surface area contributed by atoms with E-state index >= 15 is 0 Å². The Balaban J connectivity index is 2.13. The van der Waals surface area contributed by atoms with Gasteiger partial charge in [-0.1, -0.05) is 18.2 Å². The highest BCUT2D eigenvalue weighted by molar-refractivity contribution is 9.10. The summed E-state index contributed by atoms with van der Waals surface area (Å²) in [5, 5.41) is 8.87. The zero-order chi connectivity index (χ0) is 19.1. The van der Waals surface area contributed by atoms with Crippen LogP contribution in [0.2, 0.25) is 0 Å². The van der Waals surface area contributed by atoms with E-state index in [-0.39, 0.29) is 18.9 Å². The zero-order valence-corrected chi connectivity index (χ0v) is 16.2. The number of hydrogen-bond donors (Lipinski definition) is 0. The number of esters is 1. The number of anilines is 1. The summed E-state index contributed by atoms with van der Waals surface area (Å²) in [6.07, 6.45) is 0.191. The van der Waals surface area contributed by atoms with Crippen LogP contribution in [-0.4, -0.2) is 25.0 Å². The van der Waals surface area contributed by atoms with Crippen LogP contribution in [-0.2, 0) is 9.53 Å². The normalized spacial score (nSPS) is 10.1. The standard InChI is InChI=1S/C20H19BrN2O3/c1-14-10-15(2)12-16(11-14)23(9-5-8-22)19(24)13-26-20(25)17-6-3-4-7-18(17)21/h3-4,6-7,10-12H,5,9,13H2,1-2H3. The Hall–Kier alpha value is -2.65. The number of aryl methyl sites for hydroxylation is 2. The lowest BCUT2D eigenvalue weighted by molar-refractivity contribution is -0.121. The van der Waals surface area contributed by atoms with Crippen molar-refractivity contribution >= 4 is 33.5 Å². The van der Waals surface area contributed by atoms with Gasteiger partial charge in [-0.05, 0) is 65.2 Å². The van der Waals surface area contributed by atoms with Crippen LogP contribution >= 0.6 is 15.9 Å². The number of amides is 1. The van der Waals surface area contributed by atoms with Gasteiger partial charge in [0.2, 0.25) is 0 Å². The molecule has 0 aromatic heterocycles. The summed E-state index contributed by atoms with van der Waals surface area (Å²) in [4.78, 5) is 26.3. The van der Waals surface area contributed by atoms with Crippen LogP contribution in [0, 0.1) is 25.2 Å². The van der Waals surface area contributed by atoms with E-state index in [2.05, 4.69) is 15.9 Å². The molecule has 0 aliphatic heterocycles. The molecule has 2 aromatic rings. The van der Waals surface area contributed by atoms with E-state index in [1.807, 2.05) is 38.1 Å². The first-order chi connectivity index (χ1) is 12.4. The van der Waals surface area contributed by atoms with Crippen LogP contribution in [0.5, 0.6) is 0 Å². The molecule has 0 aliphatic carbocycles. The number of hydrogen-bond acceptors (Lipinski definition) is 4. The van der Waals surface area contributed by atoms with E-state index in [0.717, 1.165) is 11.1 Å². The Kier molecular flexibility index (Phi) is 6.93. The van der Waals surface area contributed by atoms with Crippen molar-refractivity contribution in [2.45, 2.75) is 20.3 Å². The van der Waals surface area contributed by atoms with Gasteiger partial charge >= 0.3 is 5.97 Å². The monoisotopic (exact) mass is 414 g/mol. The predicted octanol–water partition coefficient (Wildman–Crippen LogP) is 4.17. The van der Waals surface area contributed by atoms with Gasteiger partial charge in [-0.25, -0.2) is 4.79 Å². The van der Waals surface area contributed by atoms with Crippen LogP contribution in [0.15, 0.2) is 46.9 Å². The van der Waals surface area contributed by atoms with Crippen molar-refractivity contribution in [1.82, 2.24) is 0 Å². The molecule has 2 aromatic carbocycles. The molecule has 0 bridgehead atoms. The number of benzene rings is 2. The van der Waals surface area contributed by atoms with Gasteiger partial charge in [-0.2, -0.15) is 5.26 Å². The minimum absolute atomic E-state index is 0.191. The molecule has 6 heteroatoms. The molecule has 0 radical (unpaired) electrons. The van der Waals surface area contributed by atoms with Gasteiger partial charge in [0.15, 0.2) is 6.61 Å². The molecule has 0 saturated heterocycles. The van der Waals surface area contributed by atoms with Crippen molar-refractivity contribution in [3.05, 3.63) is 63.6 Å². The van der Waals surface area contributed by atoms with Crippen LogP contribution in [0.3, 0.4) is 0 Å². The summed E-state index contributed by atoms with van der Waals surface area (Å²) in [7, 11) is 0. The molecule has 0 aliphatic rings. The van der Waals surface area contributed by atoms with Gasteiger partial charge in [-0.15, -0.1) is 0 Å². The minimum atomic E-state index is -0.577. The molecule has 0 saturated carbocycles. The van der Waals surface area contributed by atoms with E-state index in [1.165, 1.54) is 4.90 Å². The van der Waals surface area contributed by atoms with Crippen molar-refractivity contribution in [3.63, 3.8) is 0 Å². The Morgan fingerprint density at radius 1 is 1.15 bits per heavy atom. The highest BCUT2D eigenvalue weighted by atomic mass is 79.9. The summed E-state index contributed by atoms with van der Waals surface area (Å²) in [5.41, 5.74) is 3.08. The van der Waals surface area contributed by atoms with Crippen LogP contribution < -0.4 is 4.90 Å². The lowest BCUT2D eigenvalue weighted by Crippen LogP contribution is -2.35. The largest absolute Gasteiger partial charge is 0.452 e. The fourth-order valence-corrected chi connectivity index (χ4v) is 3.02. The van der Waals surface area contributed by atoms with Crippen LogP contribution in [0.1, 0.15) is 27.9 Å². The maximum absolute atomic E-state index is 12.6. The third-order valence-corrected chi connectivity index (χ3v) is 4.38. The smallest absolute Gasteiger partial charge is 0.339 e. The first-order valence-corrected chi connectivity index (χ1v) is 8.89. The van der Waals surface area contributed by atoms with E-state index in [1.54, 1.807) is 24.3 Å². The molecular formula is C20H19BrN2O3. The molecule has 5 nitrogen and oxygen atoms in total. The summed E-state index contributed by atoms with van der Waals surface area (Å²) < 4.78 is 5.78. The van der Waals surface area contributed by atoms with Crippen molar-refractivity contribution in [2.24, 2.45) is 0 Å². The molecule has 134 valence electrons. The number of carbonyl (C=O) groups is 2. The number of nitrogens with zero attached hydrogens (tertiary/aromatic N) is 2. The number of rotatable bonds is 6. The van der Waals surface area contributed by atoms with E-state index in [4.69, 9.17) is 10.00 Å². The zero-order valence-electron chi connectivity index (χ0n) is 14.7. The second-order valence-electron chi connectivity index (χ2n) is 5.86. The van der Waals surface area contributed by atoms with E-state index < -0.39 is 12.6 Å². The molecule has 2 rings (SSSR count). The highest BCUT2D eigenvalue weighted by Crippen LogP contribution is 2.20. The quantitative estimate of drug-likeness (QED) is 0.664. The summed E-state index contributed by atoms with van der Waals surface area (Å²) >= 11 is 3.29. The summed E-state index contributed by atoms with van der Waals surface area (Å²) in [6, 6.07) is 14.6. The van der Waals surface area contributed by atoms with Crippen molar-refractivity contribution < 1.29 is 14.3 Å². The maximum atomic E-state index is 12.6. The third-order valence-electron chi connectivity index (χ3n) is 3.69. The Morgan fingerprint density at radius 2 is 1.81 bits per heavy atom. The van der Waals surface area contributed by atoms with Gasteiger partial charge < -0.3 is 9.64 Å². The van der Waals surface area contributed by atoms with Crippen molar-refractivity contribution in [3.8, 4) is 6.07 Å². The van der Waals surface area contributed by atoms with Gasteiger partial charge in [0.05, 0.1) is 18.1 Å². The molecule has 0 atom stereocenters. The maximum Gasteiger partial charge on any atom is 0.339 e. The Bertz CT molecular complexity index is 838. The molecular weight excluding hydrogens is 396 g/mol. The van der Waals surface area contributed by atoms with E-state index in [9.17, 15) is 9.59 Å². The molecule has 1 amide bonds. The fourth-order valence-electron chi connectivity index (χ4n) is 2.58. The Labute approximate surface area is 161 Å². The second kappa shape index (κ2) is 9.16. The number of carbonyl (C=O) groups excluding carboxylic acids is 2. The predicted molar refractivity (Wildman–Crippen MR) is 103 cm³/mol. The molecule has 0 N–H and O–H groups in total. The molecule has 0 unspecified atom stereocenters. The van der Waals surface area contributed by atoms with Crippen LogP contribution in [0.25, 0.3) is 0 Å². The van der Waals surface area contributed by atoms with Crippen LogP contribution in [0.4, 0.5) is 5.69 Å². The summed E-state index contributed by atoms with van der Waals surface area (Å²) in [5.74, 6) is -0.947. The lowest BCUT2D eigenvalue weighted by Gasteiger charge is -2.22. The number of nitriles is 1. The number of ether oxygens (including phenoxy) is 1. The Morgan fingerprint density at radius 3 is 2.42 bits per heavy atom. The number of halogens is 1. The molecule has 0 spiro atoms. The molecule has 0 fully saturated rings. The topological polar surface area (TPSA) is 70.4 Å². The first kappa shape index (κ1) is 19.7. The SMILES string of the molecule is Cc1cc(C)cc(N(CCC#N)C(=O)COC(=O)c2ccccc2Br)c1. The third kappa shape index (κ3) is 5.17. The lowest BCUT2D eigenvalue weighted by atomic mass is 10.1. The molecule has 0 heterocycles. The molecule has 26 heavy (non-hydrogen) atoms. The van der Waals surface area contributed by atoms with Gasteiger partial charge in [-0.3, -0.25) is 4.79 Å². The van der Waals surface area contributed by atoms with Gasteiger partial charge in [0, 0.05) is 16.7 Å². The average Bonchev–Trinajstić information content (AvgIpc) is 2.59. The van der Waals surface area contributed by atoms with E-state index in [0.29, 0.717) is 15.7 Å².